The van der Waals surface area contributed by atoms with E-state index in [4.69, 9.17) is 16.7 Å². The van der Waals surface area contributed by atoms with E-state index in [0.717, 1.165) is 43.9 Å². The number of carbonyl (C=O) groups excluding carboxylic acids is 2. The summed E-state index contributed by atoms with van der Waals surface area (Å²) in [5.74, 6) is 6.30. The van der Waals surface area contributed by atoms with Crippen LogP contribution < -0.4 is 16.0 Å². The lowest BCUT2D eigenvalue weighted by atomic mass is 10.0. The molecule has 0 radical (unpaired) electrons. The molecule has 2 aromatic heterocycles. The molecule has 0 aliphatic carbocycles. The van der Waals surface area contributed by atoms with Gasteiger partial charge in [-0.05, 0) is 61.5 Å². The summed E-state index contributed by atoms with van der Waals surface area (Å²) < 4.78 is 1.52. The number of hydrogen-bond acceptors (Lipinski definition) is 7. The zero-order chi connectivity index (χ0) is 31.8. The van der Waals surface area contributed by atoms with Gasteiger partial charge in [0.1, 0.15) is 5.82 Å². The number of carbonyl (C=O) groups is 2. The van der Waals surface area contributed by atoms with Crippen LogP contribution in [0.2, 0.25) is 5.02 Å². The van der Waals surface area contributed by atoms with Crippen LogP contribution in [0.25, 0.3) is 0 Å². The molecule has 3 heterocycles. The van der Waals surface area contributed by atoms with Gasteiger partial charge >= 0.3 is 6.03 Å². The lowest BCUT2D eigenvalue weighted by molar-refractivity contribution is 0.102. The maximum Gasteiger partial charge on any atom is 0.324 e. The van der Waals surface area contributed by atoms with E-state index in [9.17, 15) is 9.59 Å². The number of piperazine rings is 1. The molecule has 12 heteroatoms. The number of aromatic nitrogens is 3. The predicted molar refractivity (Wildman–Crippen MR) is 176 cm³/mol. The first kappa shape index (κ1) is 31.7. The lowest BCUT2D eigenvalue weighted by Gasteiger charge is -2.32. The van der Waals surface area contributed by atoms with E-state index >= 15 is 0 Å². The Hall–Kier alpha value is -4.73. The van der Waals surface area contributed by atoms with E-state index in [0.29, 0.717) is 45.5 Å². The molecule has 0 unspecified atom stereocenters. The Kier molecular flexibility index (Phi) is 10.4. The fourth-order valence-electron chi connectivity index (χ4n) is 4.71. The summed E-state index contributed by atoms with van der Waals surface area (Å²) in [7, 11) is 2.13. The van der Waals surface area contributed by atoms with E-state index in [-0.39, 0.29) is 12.5 Å². The highest BCUT2D eigenvalue weighted by molar-refractivity contribution is 6.31. The van der Waals surface area contributed by atoms with E-state index < -0.39 is 6.03 Å². The maximum absolute atomic E-state index is 13.1. The Labute approximate surface area is 267 Å². The SMILES string of the molecule is Cc1ccc(C(=O)Nc2ccc(CN3CCN(C)CC3)c(Cl)c2)cc1C#Cc1ccc(NC(=O)Nc2cnn(CCO)c2)nc1. The second-order valence-electron chi connectivity index (χ2n) is 10.8. The molecule has 1 aliphatic heterocycles. The summed E-state index contributed by atoms with van der Waals surface area (Å²) in [6.07, 6.45) is 4.67. The van der Waals surface area contributed by atoms with Crippen molar-refractivity contribution in [2.75, 3.05) is 55.8 Å². The van der Waals surface area contributed by atoms with E-state index in [1.165, 1.54) is 10.9 Å². The third-order valence-corrected chi connectivity index (χ3v) is 7.72. The average molecular weight is 627 g/mol. The highest BCUT2D eigenvalue weighted by Gasteiger charge is 2.16. The fraction of sp³-hybridized carbons (Fsp3) is 0.273. The van der Waals surface area contributed by atoms with Crippen LogP contribution in [-0.4, -0.2) is 81.4 Å². The first-order valence-corrected chi connectivity index (χ1v) is 14.9. The van der Waals surface area contributed by atoms with Gasteiger partial charge in [-0.25, -0.2) is 9.78 Å². The molecule has 0 atom stereocenters. The molecule has 3 amide bonds. The smallest absolute Gasteiger partial charge is 0.324 e. The largest absolute Gasteiger partial charge is 0.394 e. The van der Waals surface area contributed by atoms with Crippen molar-refractivity contribution in [3.05, 3.63) is 100.0 Å². The second-order valence-corrected chi connectivity index (χ2v) is 11.3. The number of nitrogens with one attached hydrogen (secondary N) is 3. The number of halogens is 1. The maximum atomic E-state index is 13.1. The molecule has 4 N–H and O–H groups in total. The zero-order valence-corrected chi connectivity index (χ0v) is 25.9. The van der Waals surface area contributed by atoms with Crippen LogP contribution >= 0.6 is 11.6 Å². The molecule has 11 nitrogen and oxygen atoms in total. The highest BCUT2D eigenvalue weighted by atomic mass is 35.5. The quantitative estimate of drug-likeness (QED) is 0.215. The van der Waals surface area contributed by atoms with Crippen molar-refractivity contribution in [3.63, 3.8) is 0 Å². The van der Waals surface area contributed by atoms with Crippen molar-refractivity contribution in [1.82, 2.24) is 24.6 Å². The van der Waals surface area contributed by atoms with Crippen molar-refractivity contribution in [2.45, 2.75) is 20.0 Å². The van der Waals surface area contributed by atoms with E-state index in [1.54, 1.807) is 42.7 Å². The van der Waals surface area contributed by atoms with Crippen molar-refractivity contribution < 1.29 is 14.7 Å². The number of rotatable bonds is 8. The van der Waals surface area contributed by atoms with Gasteiger partial charge in [0, 0.05) is 72.5 Å². The average Bonchev–Trinajstić information content (AvgIpc) is 3.46. The molecule has 2 aromatic carbocycles. The highest BCUT2D eigenvalue weighted by Crippen LogP contribution is 2.24. The normalized spacial score (nSPS) is 13.5. The number of nitrogens with zero attached hydrogens (tertiary/aromatic N) is 5. The first-order valence-electron chi connectivity index (χ1n) is 14.6. The summed E-state index contributed by atoms with van der Waals surface area (Å²) in [4.78, 5) is 34.3. The van der Waals surface area contributed by atoms with Crippen LogP contribution in [0.15, 0.2) is 67.1 Å². The molecule has 1 aliphatic rings. The van der Waals surface area contributed by atoms with Crippen molar-refractivity contribution in [2.24, 2.45) is 0 Å². The minimum absolute atomic E-state index is 0.0463. The minimum Gasteiger partial charge on any atom is -0.394 e. The van der Waals surface area contributed by atoms with Gasteiger partial charge < -0.3 is 20.6 Å². The number of likely N-dealkylation sites (N-methyl/N-ethyl adjacent to an activating group) is 1. The Morgan fingerprint density at radius 1 is 0.956 bits per heavy atom. The molecule has 0 spiro atoms. The zero-order valence-electron chi connectivity index (χ0n) is 25.2. The summed E-state index contributed by atoms with van der Waals surface area (Å²) in [6.45, 7) is 7.10. The summed E-state index contributed by atoms with van der Waals surface area (Å²) in [5.41, 5.74) is 4.93. The number of hydrogen-bond donors (Lipinski definition) is 4. The molecule has 45 heavy (non-hydrogen) atoms. The Morgan fingerprint density at radius 2 is 1.78 bits per heavy atom. The number of pyridine rings is 1. The van der Waals surface area contributed by atoms with Crippen LogP contribution in [0.1, 0.15) is 32.6 Å². The summed E-state index contributed by atoms with van der Waals surface area (Å²) >= 11 is 6.58. The van der Waals surface area contributed by atoms with Crippen LogP contribution in [0.5, 0.6) is 0 Å². The van der Waals surface area contributed by atoms with Crippen molar-refractivity contribution in [1.29, 1.82) is 0 Å². The van der Waals surface area contributed by atoms with Crippen LogP contribution in [0.4, 0.5) is 22.0 Å². The summed E-state index contributed by atoms with van der Waals surface area (Å²) in [6, 6.07) is 14.0. The monoisotopic (exact) mass is 626 g/mol. The fourth-order valence-corrected chi connectivity index (χ4v) is 4.95. The molecular formula is C33H35ClN8O3. The number of aliphatic hydroxyl groups excluding tert-OH is 1. The Morgan fingerprint density at radius 3 is 2.51 bits per heavy atom. The second kappa shape index (κ2) is 14.8. The molecule has 5 rings (SSSR count). The molecule has 232 valence electrons. The third kappa shape index (κ3) is 8.90. The number of urea groups is 1. The molecule has 1 fully saturated rings. The predicted octanol–water partition coefficient (Wildman–Crippen LogP) is 4.28. The van der Waals surface area contributed by atoms with Crippen LogP contribution in [0.3, 0.4) is 0 Å². The van der Waals surface area contributed by atoms with Gasteiger partial charge in [0.15, 0.2) is 0 Å². The minimum atomic E-state index is -0.473. The lowest BCUT2D eigenvalue weighted by Crippen LogP contribution is -2.43. The third-order valence-electron chi connectivity index (χ3n) is 7.37. The number of anilines is 3. The Balaban J connectivity index is 1.17. The number of amides is 3. The molecule has 1 saturated heterocycles. The first-order chi connectivity index (χ1) is 21.7. The van der Waals surface area contributed by atoms with Crippen LogP contribution in [-0.2, 0) is 13.1 Å². The molecule has 0 saturated carbocycles. The van der Waals surface area contributed by atoms with Gasteiger partial charge in [-0.15, -0.1) is 0 Å². The van der Waals surface area contributed by atoms with Gasteiger partial charge in [-0.3, -0.25) is 19.7 Å². The van der Waals surface area contributed by atoms with Gasteiger partial charge in [0.25, 0.3) is 5.91 Å². The summed E-state index contributed by atoms with van der Waals surface area (Å²) in [5, 5.41) is 21.9. The molecule has 0 bridgehead atoms. The Bertz CT molecular complexity index is 1720. The number of aliphatic hydroxyl groups is 1. The van der Waals surface area contributed by atoms with Gasteiger partial charge in [-0.2, -0.15) is 5.10 Å². The molecule has 4 aromatic rings. The number of benzene rings is 2. The van der Waals surface area contributed by atoms with Gasteiger partial charge in [0.2, 0.25) is 0 Å². The van der Waals surface area contributed by atoms with E-state index in [2.05, 4.69) is 54.7 Å². The number of aryl methyl sites for hydroxylation is 1. The molecular weight excluding hydrogens is 592 g/mol. The van der Waals surface area contributed by atoms with Crippen molar-refractivity contribution in [3.8, 4) is 11.8 Å². The van der Waals surface area contributed by atoms with Gasteiger partial charge in [0.05, 0.1) is 25.0 Å². The van der Waals surface area contributed by atoms with Gasteiger partial charge in [-0.1, -0.05) is 35.6 Å². The standard InChI is InChI=1S/C33H35ClN8O3/c1-23-3-6-26(32(44)37-28-9-8-27(30(34)18-28)21-41-13-11-40(2)12-14-41)17-25(23)7-4-24-5-10-31(35-19-24)39-33(45)38-29-20-36-42(22-29)15-16-43/h3,5-6,8-10,17-20,22,43H,11-16,21H2,1-2H3,(H,37,44)(H2,35,38,39,45). The topological polar surface area (TPSA) is 128 Å². The van der Waals surface area contributed by atoms with E-state index in [1.807, 2.05) is 25.1 Å². The van der Waals surface area contributed by atoms with Crippen molar-refractivity contribution >= 4 is 40.7 Å². The van der Waals surface area contributed by atoms with Crippen LogP contribution in [0, 0.1) is 18.8 Å².